The maximum absolute atomic E-state index is 5.20. The van der Waals surface area contributed by atoms with Crippen LogP contribution in [0.25, 0.3) is 11.3 Å². The lowest BCUT2D eigenvalue weighted by Gasteiger charge is -2.17. The van der Waals surface area contributed by atoms with Crippen LogP contribution in [0.4, 0.5) is 0 Å². The number of imidazole rings is 1. The highest BCUT2D eigenvalue weighted by Gasteiger charge is 2.17. The summed E-state index contributed by atoms with van der Waals surface area (Å²) in [6, 6.07) is 16.7. The van der Waals surface area contributed by atoms with E-state index in [4.69, 9.17) is 9.72 Å². The van der Waals surface area contributed by atoms with Crippen LogP contribution in [0.1, 0.15) is 17.0 Å². The molecule has 0 atom stereocenters. The Morgan fingerprint density at radius 2 is 1.76 bits per heavy atom. The van der Waals surface area contributed by atoms with E-state index in [0.29, 0.717) is 0 Å². The topological polar surface area (TPSA) is 27.1 Å². The van der Waals surface area contributed by atoms with E-state index in [1.807, 2.05) is 12.1 Å². The first kappa shape index (κ1) is 12.2. The van der Waals surface area contributed by atoms with E-state index in [2.05, 4.69) is 47.2 Å². The summed E-state index contributed by atoms with van der Waals surface area (Å²) in [4.78, 5) is 4.80. The van der Waals surface area contributed by atoms with Crippen molar-refractivity contribution in [2.24, 2.45) is 0 Å². The summed E-state index contributed by atoms with van der Waals surface area (Å²) in [5.74, 6) is 2.01. The maximum atomic E-state index is 5.20. The Morgan fingerprint density at radius 1 is 1.00 bits per heavy atom. The standard InChI is InChI=1S/C18H16N2O/c1-21-16-8-6-13(7-9-16)17-12-20-11-15-5-3-2-4-14(15)10-18(20)19-17/h2-9,12H,10-11H2,1H3. The highest BCUT2D eigenvalue weighted by Crippen LogP contribution is 2.27. The number of fused-ring (bicyclic) bond motifs is 2. The number of hydrogen-bond donors (Lipinski definition) is 0. The lowest BCUT2D eigenvalue weighted by molar-refractivity contribution is 0.415. The van der Waals surface area contributed by atoms with Gasteiger partial charge in [0.2, 0.25) is 0 Å². The summed E-state index contributed by atoms with van der Waals surface area (Å²) in [5, 5.41) is 0. The van der Waals surface area contributed by atoms with Gasteiger partial charge in [-0.2, -0.15) is 0 Å². The third-order valence-corrected chi connectivity index (χ3v) is 4.05. The highest BCUT2D eigenvalue weighted by atomic mass is 16.5. The van der Waals surface area contributed by atoms with Crippen molar-refractivity contribution in [3.05, 3.63) is 71.7 Å². The number of rotatable bonds is 2. The predicted octanol–water partition coefficient (Wildman–Crippen LogP) is 3.51. The van der Waals surface area contributed by atoms with Gasteiger partial charge in [0.25, 0.3) is 0 Å². The van der Waals surface area contributed by atoms with Crippen LogP contribution in [0, 0.1) is 0 Å². The van der Waals surface area contributed by atoms with Crippen LogP contribution in [-0.2, 0) is 13.0 Å². The molecule has 0 bridgehead atoms. The third kappa shape index (κ3) is 2.11. The molecule has 0 N–H and O–H groups in total. The van der Waals surface area contributed by atoms with E-state index in [1.165, 1.54) is 11.1 Å². The van der Waals surface area contributed by atoms with Crippen molar-refractivity contribution in [1.82, 2.24) is 9.55 Å². The smallest absolute Gasteiger partial charge is 0.118 e. The first-order valence-corrected chi connectivity index (χ1v) is 7.11. The second-order valence-electron chi connectivity index (χ2n) is 5.34. The van der Waals surface area contributed by atoms with E-state index < -0.39 is 0 Å². The van der Waals surface area contributed by atoms with E-state index in [9.17, 15) is 0 Å². The Kier molecular flexibility index (Phi) is 2.78. The minimum absolute atomic E-state index is 0.870. The average Bonchev–Trinajstić information content (AvgIpc) is 2.95. The fourth-order valence-corrected chi connectivity index (χ4v) is 2.87. The summed E-state index contributed by atoms with van der Waals surface area (Å²) in [6.07, 6.45) is 3.05. The Labute approximate surface area is 123 Å². The van der Waals surface area contributed by atoms with Gasteiger partial charge in [-0.05, 0) is 35.4 Å². The highest BCUT2D eigenvalue weighted by molar-refractivity contribution is 5.60. The van der Waals surface area contributed by atoms with Crippen molar-refractivity contribution in [2.45, 2.75) is 13.0 Å². The molecule has 1 aliphatic heterocycles. The van der Waals surface area contributed by atoms with E-state index in [-0.39, 0.29) is 0 Å². The van der Waals surface area contributed by atoms with Crippen molar-refractivity contribution < 1.29 is 4.74 Å². The zero-order valence-corrected chi connectivity index (χ0v) is 11.9. The van der Waals surface area contributed by atoms with E-state index in [0.717, 1.165) is 35.8 Å². The SMILES string of the molecule is COc1ccc(-c2cn3c(n2)Cc2ccccc2C3)cc1. The van der Waals surface area contributed by atoms with Crippen LogP contribution in [0.2, 0.25) is 0 Å². The van der Waals surface area contributed by atoms with Crippen LogP contribution in [0.5, 0.6) is 5.75 Å². The van der Waals surface area contributed by atoms with Crippen LogP contribution in [0.15, 0.2) is 54.7 Å². The number of nitrogens with zero attached hydrogens (tertiary/aromatic N) is 2. The molecule has 2 aromatic carbocycles. The molecule has 0 fully saturated rings. The summed E-state index contributed by atoms with van der Waals surface area (Å²) < 4.78 is 7.45. The van der Waals surface area contributed by atoms with Crippen molar-refractivity contribution >= 4 is 0 Å². The lowest BCUT2D eigenvalue weighted by atomic mass is 10.0. The molecule has 1 aromatic heterocycles. The Bertz CT molecular complexity index is 745. The molecule has 104 valence electrons. The van der Waals surface area contributed by atoms with Crippen molar-refractivity contribution in [3.8, 4) is 17.0 Å². The van der Waals surface area contributed by atoms with Gasteiger partial charge in [0.05, 0.1) is 12.8 Å². The normalized spacial score (nSPS) is 12.6. The van der Waals surface area contributed by atoms with Gasteiger partial charge in [-0.15, -0.1) is 0 Å². The van der Waals surface area contributed by atoms with Crippen molar-refractivity contribution in [1.29, 1.82) is 0 Å². The molecule has 3 aromatic rings. The summed E-state index contributed by atoms with van der Waals surface area (Å²) in [7, 11) is 1.68. The molecule has 0 amide bonds. The fourth-order valence-electron chi connectivity index (χ4n) is 2.87. The maximum Gasteiger partial charge on any atom is 0.118 e. The van der Waals surface area contributed by atoms with Crippen LogP contribution in [0.3, 0.4) is 0 Å². The quantitative estimate of drug-likeness (QED) is 0.560. The fraction of sp³-hybridized carbons (Fsp3) is 0.167. The first-order valence-electron chi connectivity index (χ1n) is 7.11. The van der Waals surface area contributed by atoms with Crippen LogP contribution >= 0.6 is 0 Å². The number of ether oxygens (including phenoxy) is 1. The van der Waals surface area contributed by atoms with Gasteiger partial charge in [0.1, 0.15) is 11.6 Å². The van der Waals surface area contributed by atoms with Crippen LogP contribution in [-0.4, -0.2) is 16.7 Å². The van der Waals surface area contributed by atoms with Crippen LogP contribution < -0.4 is 4.74 Å². The molecule has 0 radical (unpaired) electrons. The van der Waals surface area contributed by atoms with Gasteiger partial charge in [-0.3, -0.25) is 0 Å². The molecule has 1 aliphatic rings. The minimum Gasteiger partial charge on any atom is -0.497 e. The Morgan fingerprint density at radius 3 is 2.52 bits per heavy atom. The molecule has 3 heteroatoms. The lowest BCUT2D eigenvalue weighted by Crippen LogP contribution is -2.13. The molecule has 4 rings (SSSR count). The van der Waals surface area contributed by atoms with Gasteiger partial charge < -0.3 is 9.30 Å². The monoisotopic (exact) mass is 276 g/mol. The zero-order chi connectivity index (χ0) is 14.2. The van der Waals surface area contributed by atoms with Gasteiger partial charge >= 0.3 is 0 Å². The van der Waals surface area contributed by atoms with Crippen molar-refractivity contribution in [2.75, 3.05) is 7.11 Å². The van der Waals surface area contributed by atoms with Crippen molar-refractivity contribution in [3.63, 3.8) is 0 Å². The molecule has 0 unspecified atom stereocenters. The second-order valence-corrected chi connectivity index (χ2v) is 5.34. The molecule has 21 heavy (non-hydrogen) atoms. The van der Waals surface area contributed by atoms with Gasteiger partial charge in [0.15, 0.2) is 0 Å². The van der Waals surface area contributed by atoms with E-state index >= 15 is 0 Å². The molecule has 0 saturated carbocycles. The molecular weight excluding hydrogens is 260 g/mol. The zero-order valence-electron chi connectivity index (χ0n) is 11.9. The molecule has 0 aliphatic carbocycles. The first-order chi connectivity index (χ1) is 10.3. The summed E-state index contributed by atoms with van der Waals surface area (Å²) in [5.41, 5.74) is 4.93. The number of hydrogen-bond acceptors (Lipinski definition) is 2. The number of methoxy groups -OCH3 is 1. The average molecular weight is 276 g/mol. The molecule has 3 nitrogen and oxygen atoms in total. The van der Waals surface area contributed by atoms with E-state index in [1.54, 1.807) is 7.11 Å². The largest absolute Gasteiger partial charge is 0.497 e. The third-order valence-electron chi connectivity index (χ3n) is 4.05. The molecular formula is C18H16N2O. The summed E-state index contributed by atoms with van der Waals surface area (Å²) >= 11 is 0. The van der Waals surface area contributed by atoms with Gasteiger partial charge in [0, 0.05) is 24.7 Å². The minimum atomic E-state index is 0.870. The number of benzene rings is 2. The Hall–Kier alpha value is -2.55. The molecule has 0 saturated heterocycles. The van der Waals surface area contributed by atoms with Gasteiger partial charge in [-0.25, -0.2) is 4.98 Å². The molecule has 0 spiro atoms. The summed E-state index contributed by atoms with van der Waals surface area (Å²) in [6.45, 7) is 0.911. The second kappa shape index (κ2) is 4.77. The number of aromatic nitrogens is 2. The predicted molar refractivity (Wildman–Crippen MR) is 82.6 cm³/mol. The molecule has 2 heterocycles. The Balaban J connectivity index is 1.70. The van der Waals surface area contributed by atoms with Gasteiger partial charge in [-0.1, -0.05) is 24.3 Å².